The Kier molecular flexibility index (Phi) is 6.32. The Labute approximate surface area is 143 Å². The molecule has 0 spiro atoms. The lowest BCUT2D eigenvalue weighted by atomic mass is 10.2. The average molecular weight is 321 g/mol. The average Bonchev–Trinajstić information content (AvgIpc) is 2.60. The smallest absolute Gasteiger partial charge is 0.262 e. The van der Waals surface area contributed by atoms with Crippen LogP contribution < -0.4 is 10.7 Å². The van der Waals surface area contributed by atoms with Gasteiger partial charge in [-0.3, -0.25) is 4.79 Å². The monoisotopic (exact) mass is 321 g/mol. The number of nitrogens with one attached hydrogen (secondary N) is 2. The van der Waals surface area contributed by atoms with Crippen LogP contribution in [0.1, 0.15) is 25.0 Å². The second-order valence-corrected chi connectivity index (χ2v) is 5.71. The van der Waals surface area contributed by atoms with E-state index in [1.807, 2.05) is 80.6 Å². The number of aryl methyl sites for hydroxylation is 1. The van der Waals surface area contributed by atoms with Crippen molar-refractivity contribution < 1.29 is 4.79 Å². The molecule has 124 valence electrons. The first-order chi connectivity index (χ1) is 11.5. The van der Waals surface area contributed by atoms with E-state index in [4.69, 9.17) is 0 Å². The van der Waals surface area contributed by atoms with Crippen LogP contribution >= 0.6 is 0 Å². The van der Waals surface area contributed by atoms with E-state index in [1.54, 1.807) is 6.92 Å². The normalized spacial score (nSPS) is 12.9. The van der Waals surface area contributed by atoms with E-state index in [0.29, 0.717) is 0 Å². The first-order valence-corrected chi connectivity index (χ1v) is 7.95. The van der Waals surface area contributed by atoms with Crippen LogP contribution in [0.15, 0.2) is 65.8 Å². The summed E-state index contributed by atoms with van der Waals surface area (Å²) in [4.78, 5) is 12.1. The second-order valence-electron chi connectivity index (χ2n) is 5.71. The zero-order valence-electron chi connectivity index (χ0n) is 14.3. The predicted octanol–water partition coefficient (Wildman–Crippen LogP) is 4.00. The summed E-state index contributed by atoms with van der Waals surface area (Å²) >= 11 is 0. The fourth-order valence-corrected chi connectivity index (χ4v) is 2.02. The molecular weight excluding hydrogens is 298 g/mol. The summed E-state index contributed by atoms with van der Waals surface area (Å²) in [6, 6.07) is 17.5. The fourth-order valence-electron chi connectivity index (χ4n) is 2.02. The molecule has 2 N–H and O–H groups in total. The third-order valence-corrected chi connectivity index (χ3v) is 3.49. The highest BCUT2D eigenvalue weighted by atomic mass is 16.2. The number of carbonyl (C=O) groups excluding carboxylic acids is 1. The highest BCUT2D eigenvalue weighted by molar-refractivity contribution is 5.97. The summed E-state index contributed by atoms with van der Waals surface area (Å²) in [5.41, 5.74) is 6.50. The van der Waals surface area contributed by atoms with Crippen LogP contribution in [-0.2, 0) is 4.79 Å². The summed E-state index contributed by atoms with van der Waals surface area (Å²) < 4.78 is 0. The summed E-state index contributed by atoms with van der Waals surface area (Å²) in [6.07, 6.45) is 3.83. The lowest BCUT2D eigenvalue weighted by molar-refractivity contribution is -0.121. The van der Waals surface area contributed by atoms with Crippen molar-refractivity contribution >= 4 is 23.4 Å². The van der Waals surface area contributed by atoms with Crippen molar-refractivity contribution in [2.24, 2.45) is 5.10 Å². The Bertz CT molecular complexity index is 718. The molecule has 0 heterocycles. The van der Waals surface area contributed by atoms with E-state index in [2.05, 4.69) is 15.8 Å². The number of anilines is 1. The lowest BCUT2D eigenvalue weighted by Gasteiger charge is -2.13. The molecule has 1 atom stereocenters. The minimum atomic E-state index is -0.373. The van der Waals surface area contributed by atoms with E-state index >= 15 is 0 Å². The van der Waals surface area contributed by atoms with Gasteiger partial charge < -0.3 is 5.32 Å². The molecule has 0 aliphatic rings. The number of hydrogen-bond donors (Lipinski definition) is 2. The van der Waals surface area contributed by atoms with Crippen molar-refractivity contribution in [1.29, 1.82) is 0 Å². The predicted molar refractivity (Wildman–Crippen MR) is 101 cm³/mol. The maximum atomic E-state index is 12.1. The van der Waals surface area contributed by atoms with Gasteiger partial charge in [0.15, 0.2) is 0 Å². The standard InChI is InChI=1S/C20H23N3O/c1-15-9-13-19(14-10-15)21-17(3)20(24)23-22-16(2)11-12-18-7-5-4-6-8-18/h4-14,17,21H,1-3H3,(H,23,24)/b12-11+,22-16?/t17-/m0/s1. The second kappa shape index (κ2) is 8.67. The number of allylic oxidation sites excluding steroid dienone is 1. The van der Waals surface area contributed by atoms with E-state index < -0.39 is 0 Å². The van der Waals surface area contributed by atoms with Crippen molar-refractivity contribution in [3.8, 4) is 0 Å². The maximum Gasteiger partial charge on any atom is 0.262 e. The number of hydrogen-bond acceptors (Lipinski definition) is 3. The third-order valence-electron chi connectivity index (χ3n) is 3.49. The minimum Gasteiger partial charge on any atom is -0.374 e. The van der Waals surface area contributed by atoms with Gasteiger partial charge in [0.05, 0.1) is 5.71 Å². The van der Waals surface area contributed by atoms with E-state index in [0.717, 1.165) is 17.0 Å². The Balaban J connectivity index is 1.86. The maximum absolute atomic E-state index is 12.1. The Morgan fingerprint density at radius 2 is 1.75 bits per heavy atom. The van der Waals surface area contributed by atoms with Gasteiger partial charge in [0, 0.05) is 5.69 Å². The van der Waals surface area contributed by atoms with Crippen LogP contribution in [0, 0.1) is 6.92 Å². The fraction of sp³-hybridized carbons (Fsp3) is 0.200. The molecule has 1 amide bonds. The SMILES string of the molecule is CC(/C=C/c1ccccc1)=NNC(=O)[C@H](C)Nc1ccc(C)cc1. The van der Waals surface area contributed by atoms with Gasteiger partial charge in [-0.05, 0) is 44.5 Å². The van der Waals surface area contributed by atoms with E-state index in [-0.39, 0.29) is 11.9 Å². The number of nitrogens with zero attached hydrogens (tertiary/aromatic N) is 1. The molecule has 4 heteroatoms. The Morgan fingerprint density at radius 1 is 1.08 bits per heavy atom. The van der Waals surface area contributed by atoms with Crippen molar-refractivity contribution in [2.45, 2.75) is 26.8 Å². The number of benzene rings is 2. The first-order valence-electron chi connectivity index (χ1n) is 7.95. The minimum absolute atomic E-state index is 0.178. The van der Waals surface area contributed by atoms with Crippen LogP contribution in [0.2, 0.25) is 0 Å². The molecule has 0 saturated carbocycles. The van der Waals surface area contributed by atoms with Crippen molar-refractivity contribution in [3.05, 3.63) is 71.8 Å². The summed E-state index contributed by atoms with van der Waals surface area (Å²) in [5, 5.41) is 7.26. The lowest BCUT2D eigenvalue weighted by Crippen LogP contribution is -2.35. The number of amides is 1. The summed E-state index contributed by atoms with van der Waals surface area (Å²) in [7, 11) is 0. The number of hydrazone groups is 1. The topological polar surface area (TPSA) is 53.5 Å². The molecule has 0 aliphatic carbocycles. The number of rotatable bonds is 6. The molecule has 0 fully saturated rings. The first kappa shape index (κ1) is 17.5. The van der Waals surface area contributed by atoms with Gasteiger partial charge in [-0.2, -0.15) is 5.10 Å². The molecule has 0 radical (unpaired) electrons. The van der Waals surface area contributed by atoms with Crippen LogP contribution in [0.4, 0.5) is 5.69 Å². The molecule has 2 aromatic rings. The molecule has 0 saturated heterocycles. The third kappa shape index (κ3) is 5.72. The van der Waals surface area contributed by atoms with Gasteiger partial charge in [-0.25, -0.2) is 5.43 Å². The Morgan fingerprint density at radius 3 is 2.42 bits per heavy atom. The van der Waals surface area contributed by atoms with Crippen molar-refractivity contribution in [1.82, 2.24) is 5.43 Å². The molecule has 24 heavy (non-hydrogen) atoms. The van der Waals surface area contributed by atoms with Crippen LogP contribution in [0.3, 0.4) is 0 Å². The largest absolute Gasteiger partial charge is 0.374 e. The quantitative estimate of drug-likeness (QED) is 0.624. The van der Waals surface area contributed by atoms with E-state index in [1.165, 1.54) is 5.56 Å². The summed E-state index contributed by atoms with van der Waals surface area (Å²) in [6.45, 7) is 5.68. The van der Waals surface area contributed by atoms with Gasteiger partial charge in [-0.15, -0.1) is 0 Å². The summed E-state index contributed by atoms with van der Waals surface area (Å²) in [5.74, 6) is -0.178. The molecule has 2 rings (SSSR count). The number of carbonyl (C=O) groups is 1. The van der Waals surface area contributed by atoms with Gasteiger partial charge in [0.1, 0.15) is 6.04 Å². The van der Waals surface area contributed by atoms with Gasteiger partial charge in [-0.1, -0.05) is 54.1 Å². The van der Waals surface area contributed by atoms with Crippen molar-refractivity contribution in [3.63, 3.8) is 0 Å². The molecule has 0 aliphatic heterocycles. The zero-order valence-corrected chi connectivity index (χ0v) is 14.3. The molecule has 0 aromatic heterocycles. The highest BCUT2D eigenvalue weighted by Crippen LogP contribution is 2.10. The molecule has 0 bridgehead atoms. The van der Waals surface area contributed by atoms with Gasteiger partial charge in [0.25, 0.3) is 5.91 Å². The van der Waals surface area contributed by atoms with Gasteiger partial charge in [0.2, 0.25) is 0 Å². The van der Waals surface area contributed by atoms with Crippen molar-refractivity contribution in [2.75, 3.05) is 5.32 Å². The Hall–Kier alpha value is -2.88. The highest BCUT2D eigenvalue weighted by Gasteiger charge is 2.11. The van der Waals surface area contributed by atoms with Gasteiger partial charge >= 0.3 is 0 Å². The molecule has 2 aromatic carbocycles. The van der Waals surface area contributed by atoms with Crippen LogP contribution in [-0.4, -0.2) is 17.7 Å². The molecular formula is C20H23N3O. The molecule has 4 nitrogen and oxygen atoms in total. The zero-order chi connectivity index (χ0) is 17.4. The van der Waals surface area contributed by atoms with Crippen LogP contribution in [0.25, 0.3) is 6.08 Å². The molecule has 0 unspecified atom stereocenters. The van der Waals surface area contributed by atoms with Crippen LogP contribution in [0.5, 0.6) is 0 Å². The van der Waals surface area contributed by atoms with E-state index in [9.17, 15) is 4.79 Å².